The maximum Gasteiger partial charge on any atom is 0.404 e. The minimum absolute atomic E-state index is 0.586. The van der Waals surface area contributed by atoms with Gasteiger partial charge in [0.1, 0.15) is 0 Å². The van der Waals surface area contributed by atoms with Crippen LogP contribution in [0, 0.1) is 5.92 Å². The Bertz CT molecular complexity index is 137. The molecule has 0 saturated heterocycles. The summed E-state index contributed by atoms with van der Waals surface area (Å²) in [5.41, 5.74) is 0. The topological polar surface area (TPSA) is 49.3 Å². The lowest BCUT2D eigenvalue weighted by molar-refractivity contribution is 0.193. The fourth-order valence-corrected chi connectivity index (χ4v) is 1.31. The standard InChI is InChI=1S/C10H21NO2/c1-3-4-5-6-9(2)7-8-11-10(12)13/h9,11H,3-8H2,1-2H3,(H,12,13). The Morgan fingerprint density at radius 2 is 2.08 bits per heavy atom. The van der Waals surface area contributed by atoms with Gasteiger partial charge in [0.15, 0.2) is 0 Å². The number of amides is 1. The van der Waals surface area contributed by atoms with Crippen LogP contribution in [0.25, 0.3) is 0 Å². The van der Waals surface area contributed by atoms with Crippen molar-refractivity contribution in [3.63, 3.8) is 0 Å². The maximum absolute atomic E-state index is 10.1. The lowest BCUT2D eigenvalue weighted by Crippen LogP contribution is -2.23. The Balaban J connectivity index is 3.19. The number of hydrogen-bond acceptors (Lipinski definition) is 1. The first kappa shape index (κ1) is 12.3. The second kappa shape index (κ2) is 7.90. The molecule has 1 amide bonds. The fraction of sp³-hybridized carbons (Fsp3) is 0.900. The zero-order chi connectivity index (χ0) is 10.1. The molecule has 0 aliphatic carbocycles. The summed E-state index contributed by atoms with van der Waals surface area (Å²) >= 11 is 0. The van der Waals surface area contributed by atoms with Crippen molar-refractivity contribution in [3.05, 3.63) is 0 Å². The molecule has 0 rings (SSSR count). The summed E-state index contributed by atoms with van der Waals surface area (Å²) in [5, 5.41) is 10.7. The van der Waals surface area contributed by atoms with Gasteiger partial charge in [-0.15, -0.1) is 0 Å². The van der Waals surface area contributed by atoms with Crippen molar-refractivity contribution in [1.82, 2.24) is 5.32 Å². The second-order valence-electron chi connectivity index (χ2n) is 3.62. The number of carbonyl (C=O) groups is 1. The van der Waals surface area contributed by atoms with Crippen molar-refractivity contribution < 1.29 is 9.90 Å². The molecule has 13 heavy (non-hydrogen) atoms. The van der Waals surface area contributed by atoms with Gasteiger partial charge in [-0.2, -0.15) is 0 Å². The van der Waals surface area contributed by atoms with E-state index in [-0.39, 0.29) is 0 Å². The Labute approximate surface area is 80.5 Å². The van der Waals surface area contributed by atoms with Gasteiger partial charge in [0, 0.05) is 6.54 Å². The SMILES string of the molecule is CCCCCC(C)CCNC(=O)O. The molecule has 0 heterocycles. The van der Waals surface area contributed by atoms with Gasteiger partial charge >= 0.3 is 6.09 Å². The van der Waals surface area contributed by atoms with Crippen LogP contribution in [0.5, 0.6) is 0 Å². The molecule has 1 atom stereocenters. The van der Waals surface area contributed by atoms with E-state index in [2.05, 4.69) is 19.2 Å². The number of carboxylic acid groups (broad SMARTS) is 1. The predicted molar refractivity (Wildman–Crippen MR) is 54.0 cm³/mol. The van der Waals surface area contributed by atoms with Gasteiger partial charge in [-0.05, 0) is 12.3 Å². The molecule has 0 spiro atoms. The van der Waals surface area contributed by atoms with Crippen molar-refractivity contribution in [2.75, 3.05) is 6.54 Å². The molecule has 3 nitrogen and oxygen atoms in total. The molecule has 0 radical (unpaired) electrons. The van der Waals surface area contributed by atoms with E-state index < -0.39 is 6.09 Å². The largest absolute Gasteiger partial charge is 0.465 e. The van der Waals surface area contributed by atoms with Crippen molar-refractivity contribution >= 4 is 6.09 Å². The van der Waals surface area contributed by atoms with Crippen molar-refractivity contribution in [2.45, 2.75) is 46.0 Å². The second-order valence-corrected chi connectivity index (χ2v) is 3.62. The average Bonchev–Trinajstić information content (AvgIpc) is 2.04. The molecule has 0 saturated carbocycles. The molecule has 3 heteroatoms. The average molecular weight is 187 g/mol. The Kier molecular flexibility index (Phi) is 7.45. The normalized spacial score (nSPS) is 12.5. The van der Waals surface area contributed by atoms with Gasteiger partial charge in [-0.3, -0.25) is 0 Å². The summed E-state index contributed by atoms with van der Waals surface area (Å²) < 4.78 is 0. The van der Waals surface area contributed by atoms with E-state index in [9.17, 15) is 4.79 Å². The quantitative estimate of drug-likeness (QED) is 0.602. The summed E-state index contributed by atoms with van der Waals surface area (Å²) in [5.74, 6) is 0.637. The highest BCUT2D eigenvalue weighted by atomic mass is 16.4. The first-order valence-electron chi connectivity index (χ1n) is 5.13. The van der Waals surface area contributed by atoms with E-state index in [1.807, 2.05) is 0 Å². The zero-order valence-electron chi connectivity index (χ0n) is 8.68. The number of rotatable bonds is 7. The van der Waals surface area contributed by atoms with Crippen molar-refractivity contribution in [2.24, 2.45) is 5.92 Å². The maximum atomic E-state index is 10.1. The molecule has 0 aromatic rings. The van der Waals surface area contributed by atoms with E-state index in [0.29, 0.717) is 12.5 Å². The highest BCUT2D eigenvalue weighted by Gasteiger charge is 2.02. The van der Waals surface area contributed by atoms with Crippen LogP contribution in [0.15, 0.2) is 0 Å². The minimum atomic E-state index is -0.916. The van der Waals surface area contributed by atoms with E-state index in [1.54, 1.807) is 0 Å². The van der Waals surface area contributed by atoms with Gasteiger partial charge in [-0.1, -0.05) is 39.5 Å². The summed E-state index contributed by atoms with van der Waals surface area (Å²) in [6, 6.07) is 0. The molecular weight excluding hydrogens is 166 g/mol. The van der Waals surface area contributed by atoms with Gasteiger partial charge in [0.05, 0.1) is 0 Å². The third-order valence-electron chi connectivity index (χ3n) is 2.21. The van der Waals surface area contributed by atoms with Gasteiger partial charge in [-0.25, -0.2) is 4.79 Å². The van der Waals surface area contributed by atoms with Crippen LogP contribution in [-0.2, 0) is 0 Å². The van der Waals surface area contributed by atoms with Gasteiger partial charge in [0.25, 0.3) is 0 Å². The summed E-state index contributed by atoms with van der Waals surface area (Å²) in [7, 11) is 0. The van der Waals surface area contributed by atoms with E-state index in [4.69, 9.17) is 5.11 Å². The van der Waals surface area contributed by atoms with Crippen LogP contribution >= 0.6 is 0 Å². The molecule has 0 aliphatic heterocycles. The number of nitrogens with one attached hydrogen (secondary N) is 1. The van der Waals surface area contributed by atoms with E-state index in [0.717, 1.165) is 6.42 Å². The molecule has 0 fully saturated rings. The number of hydrogen-bond donors (Lipinski definition) is 2. The minimum Gasteiger partial charge on any atom is -0.465 e. The molecule has 0 aromatic heterocycles. The molecule has 0 bridgehead atoms. The Hall–Kier alpha value is -0.730. The summed E-state index contributed by atoms with van der Waals surface area (Å²) in [4.78, 5) is 10.1. The first-order valence-corrected chi connectivity index (χ1v) is 5.13. The van der Waals surface area contributed by atoms with Crippen LogP contribution in [0.1, 0.15) is 46.0 Å². The molecule has 2 N–H and O–H groups in total. The first-order chi connectivity index (χ1) is 6.16. The summed E-state index contributed by atoms with van der Waals surface area (Å²) in [6.45, 7) is 4.96. The Morgan fingerprint density at radius 1 is 1.38 bits per heavy atom. The van der Waals surface area contributed by atoms with Crippen LogP contribution in [0.3, 0.4) is 0 Å². The molecular formula is C10H21NO2. The summed E-state index contributed by atoms with van der Waals surface area (Å²) in [6.07, 6.45) is 5.06. The predicted octanol–water partition coefficient (Wildman–Crippen LogP) is 2.86. The lowest BCUT2D eigenvalue weighted by atomic mass is 10.0. The van der Waals surface area contributed by atoms with Gasteiger partial charge < -0.3 is 10.4 Å². The van der Waals surface area contributed by atoms with E-state index >= 15 is 0 Å². The number of unbranched alkanes of at least 4 members (excludes halogenated alkanes) is 2. The van der Waals surface area contributed by atoms with Crippen LogP contribution < -0.4 is 5.32 Å². The highest BCUT2D eigenvalue weighted by molar-refractivity contribution is 5.64. The highest BCUT2D eigenvalue weighted by Crippen LogP contribution is 2.11. The van der Waals surface area contributed by atoms with Gasteiger partial charge in [0.2, 0.25) is 0 Å². The van der Waals surface area contributed by atoms with Crippen LogP contribution in [0.4, 0.5) is 4.79 Å². The van der Waals surface area contributed by atoms with Crippen molar-refractivity contribution in [1.29, 1.82) is 0 Å². The zero-order valence-corrected chi connectivity index (χ0v) is 8.68. The van der Waals surface area contributed by atoms with Crippen LogP contribution in [-0.4, -0.2) is 17.7 Å². The van der Waals surface area contributed by atoms with E-state index in [1.165, 1.54) is 25.7 Å². The molecule has 78 valence electrons. The molecule has 1 unspecified atom stereocenters. The molecule has 0 aromatic carbocycles. The monoisotopic (exact) mass is 187 g/mol. The van der Waals surface area contributed by atoms with Crippen molar-refractivity contribution in [3.8, 4) is 0 Å². The Morgan fingerprint density at radius 3 is 2.62 bits per heavy atom. The lowest BCUT2D eigenvalue weighted by Gasteiger charge is -2.10. The smallest absolute Gasteiger partial charge is 0.404 e. The third-order valence-corrected chi connectivity index (χ3v) is 2.21. The molecule has 0 aliphatic rings. The third kappa shape index (κ3) is 9.18. The fourth-order valence-electron chi connectivity index (χ4n) is 1.31. The van der Waals surface area contributed by atoms with Crippen LogP contribution in [0.2, 0.25) is 0 Å².